The van der Waals surface area contributed by atoms with E-state index in [2.05, 4.69) is 10.5 Å². The lowest BCUT2D eigenvalue weighted by Gasteiger charge is -2.13. The van der Waals surface area contributed by atoms with Crippen molar-refractivity contribution in [2.24, 2.45) is 5.10 Å². The highest BCUT2D eigenvalue weighted by Gasteiger charge is 2.29. The van der Waals surface area contributed by atoms with Crippen molar-refractivity contribution >= 4 is 51.6 Å². The van der Waals surface area contributed by atoms with Gasteiger partial charge in [0.25, 0.3) is 5.91 Å². The quantitative estimate of drug-likeness (QED) is 0.172. The molecule has 7 nitrogen and oxygen atoms in total. The molecule has 0 spiro atoms. The molecule has 37 heavy (non-hydrogen) atoms. The van der Waals surface area contributed by atoms with Crippen LogP contribution in [-0.2, 0) is 11.2 Å². The summed E-state index contributed by atoms with van der Waals surface area (Å²) in [5.74, 6) is 0.501. The first-order valence-corrected chi connectivity index (χ1v) is 12.4. The Morgan fingerprint density at radius 3 is 2.65 bits per heavy atom. The number of fused-ring (bicyclic) bond motifs is 2. The van der Waals surface area contributed by atoms with E-state index in [9.17, 15) is 9.59 Å². The molecular weight excluding hydrogens is 515 g/mol. The number of ether oxygens (including phenoxy) is 2. The molecule has 1 aromatic heterocycles. The summed E-state index contributed by atoms with van der Waals surface area (Å²) in [5, 5.41) is 7.09. The van der Waals surface area contributed by atoms with Gasteiger partial charge in [-0.2, -0.15) is 5.10 Å². The van der Waals surface area contributed by atoms with E-state index in [1.807, 2.05) is 36.4 Å². The number of esters is 1. The molecule has 3 aromatic carbocycles. The fraction of sp³-hybridized carbons (Fsp3) is 0.179. The molecule has 0 radical (unpaired) electrons. The van der Waals surface area contributed by atoms with Gasteiger partial charge in [-0.15, -0.1) is 0 Å². The predicted molar refractivity (Wildman–Crippen MR) is 142 cm³/mol. The third kappa shape index (κ3) is 5.48. The van der Waals surface area contributed by atoms with Crippen molar-refractivity contribution in [2.45, 2.75) is 26.2 Å². The number of carbonyl (C=O) groups is 2. The summed E-state index contributed by atoms with van der Waals surface area (Å²) in [6, 6.07) is 18.0. The fourth-order valence-electron chi connectivity index (χ4n) is 4.26. The first-order valence-electron chi connectivity index (χ1n) is 11.7. The Hall–Kier alpha value is -3.81. The lowest BCUT2D eigenvalue weighted by Crippen LogP contribution is -2.27. The van der Waals surface area contributed by atoms with E-state index < -0.39 is 11.9 Å². The lowest BCUT2D eigenvalue weighted by molar-refractivity contribution is -0.123. The topological polar surface area (TPSA) is 90.1 Å². The van der Waals surface area contributed by atoms with Crippen LogP contribution in [-0.4, -0.2) is 24.2 Å². The molecule has 1 heterocycles. The van der Waals surface area contributed by atoms with Gasteiger partial charge in [0.2, 0.25) is 5.76 Å². The van der Waals surface area contributed by atoms with Crippen molar-refractivity contribution in [3.05, 3.63) is 93.4 Å². The zero-order valence-electron chi connectivity index (χ0n) is 19.8. The summed E-state index contributed by atoms with van der Waals surface area (Å²) >= 11 is 12.0. The molecule has 1 N–H and O–H groups in total. The minimum atomic E-state index is -0.584. The maximum atomic E-state index is 13.0. The number of carbonyl (C=O) groups excluding carboxylic acids is 2. The molecule has 5 rings (SSSR count). The van der Waals surface area contributed by atoms with Crippen LogP contribution in [0.15, 0.2) is 70.2 Å². The normalized spacial score (nSPS) is 13.9. The molecular formula is C28H22Cl2N2O5. The second-order valence-electron chi connectivity index (χ2n) is 8.56. The molecule has 0 saturated carbocycles. The zero-order chi connectivity index (χ0) is 25.9. The van der Waals surface area contributed by atoms with Crippen molar-refractivity contribution in [1.29, 1.82) is 0 Å². The standard InChI is InChI=1S/C28H22Cl2N2O5/c1-16-26-22(31-32-25(33)15-35-23-12-10-19(29)14-21(23)30)7-4-8-24(26)37-27(16)28(34)36-20-11-9-17-5-2-3-6-18(17)13-20/h2-3,5-6,9-14H,4,7-8,15H2,1H3,(H,32,33)/b31-22+. The van der Waals surface area contributed by atoms with Crippen LogP contribution in [0.4, 0.5) is 0 Å². The molecule has 0 aliphatic heterocycles. The third-order valence-corrected chi connectivity index (χ3v) is 6.54. The number of amides is 1. The molecule has 1 amide bonds. The highest BCUT2D eigenvalue weighted by atomic mass is 35.5. The van der Waals surface area contributed by atoms with Crippen LogP contribution in [0.5, 0.6) is 11.5 Å². The number of furan rings is 1. The molecule has 4 aromatic rings. The number of hydrogen-bond donors (Lipinski definition) is 1. The van der Waals surface area contributed by atoms with Crippen LogP contribution in [0.3, 0.4) is 0 Å². The summed E-state index contributed by atoms with van der Waals surface area (Å²) in [6.45, 7) is 1.51. The molecule has 9 heteroatoms. The Morgan fingerprint density at radius 2 is 1.84 bits per heavy atom. The number of hydrogen-bond acceptors (Lipinski definition) is 6. The molecule has 1 aliphatic carbocycles. The van der Waals surface area contributed by atoms with Crippen molar-refractivity contribution in [2.75, 3.05) is 6.61 Å². The Bertz CT molecular complexity index is 1540. The monoisotopic (exact) mass is 536 g/mol. The van der Waals surface area contributed by atoms with Crippen LogP contribution in [0.1, 0.15) is 40.3 Å². The van der Waals surface area contributed by atoms with E-state index in [0.29, 0.717) is 51.4 Å². The minimum Gasteiger partial charge on any atom is -0.482 e. The van der Waals surface area contributed by atoms with Gasteiger partial charge in [-0.25, -0.2) is 10.2 Å². The molecule has 0 saturated heterocycles. The maximum Gasteiger partial charge on any atom is 0.379 e. The second kappa shape index (κ2) is 10.7. The van der Waals surface area contributed by atoms with Gasteiger partial charge in [-0.1, -0.05) is 53.5 Å². The predicted octanol–water partition coefficient (Wildman–Crippen LogP) is 6.50. The van der Waals surface area contributed by atoms with Crippen LogP contribution in [0, 0.1) is 6.92 Å². The lowest BCUT2D eigenvalue weighted by atomic mass is 9.93. The van der Waals surface area contributed by atoms with Gasteiger partial charge >= 0.3 is 5.97 Å². The third-order valence-electron chi connectivity index (χ3n) is 6.01. The summed E-state index contributed by atoms with van der Waals surface area (Å²) in [5.41, 5.74) is 4.49. The molecule has 188 valence electrons. The Balaban J connectivity index is 1.28. The number of nitrogens with one attached hydrogen (secondary N) is 1. The van der Waals surface area contributed by atoms with Gasteiger partial charge in [0.15, 0.2) is 6.61 Å². The summed E-state index contributed by atoms with van der Waals surface area (Å²) in [4.78, 5) is 25.3. The van der Waals surface area contributed by atoms with Crippen molar-refractivity contribution < 1.29 is 23.5 Å². The smallest absolute Gasteiger partial charge is 0.379 e. The zero-order valence-corrected chi connectivity index (χ0v) is 21.4. The van der Waals surface area contributed by atoms with Gasteiger partial charge in [-0.05, 0) is 60.9 Å². The minimum absolute atomic E-state index is 0.125. The Morgan fingerprint density at radius 1 is 1.03 bits per heavy atom. The largest absolute Gasteiger partial charge is 0.482 e. The van der Waals surface area contributed by atoms with Crippen molar-refractivity contribution in [3.63, 3.8) is 0 Å². The average molecular weight is 537 g/mol. The van der Waals surface area contributed by atoms with E-state index in [-0.39, 0.29) is 12.4 Å². The summed E-state index contributed by atoms with van der Waals surface area (Å²) < 4.78 is 17.0. The molecule has 1 aliphatic rings. The van der Waals surface area contributed by atoms with Crippen LogP contribution >= 0.6 is 23.2 Å². The Labute approximate surface area is 223 Å². The van der Waals surface area contributed by atoms with Crippen molar-refractivity contribution in [3.8, 4) is 11.5 Å². The van der Waals surface area contributed by atoms with E-state index in [1.165, 1.54) is 6.07 Å². The van der Waals surface area contributed by atoms with Gasteiger partial charge < -0.3 is 13.9 Å². The van der Waals surface area contributed by atoms with Crippen molar-refractivity contribution in [1.82, 2.24) is 5.43 Å². The van der Waals surface area contributed by atoms with Crippen LogP contribution in [0.2, 0.25) is 10.0 Å². The van der Waals surface area contributed by atoms with E-state index >= 15 is 0 Å². The maximum absolute atomic E-state index is 13.0. The van der Waals surface area contributed by atoms with E-state index in [4.69, 9.17) is 37.1 Å². The summed E-state index contributed by atoms with van der Waals surface area (Å²) in [6.07, 6.45) is 2.05. The number of hydrazone groups is 1. The van der Waals surface area contributed by atoms with Crippen LogP contribution in [0.25, 0.3) is 10.8 Å². The molecule has 0 unspecified atom stereocenters. The fourth-order valence-corrected chi connectivity index (χ4v) is 4.72. The number of rotatable bonds is 6. The number of halogens is 2. The van der Waals surface area contributed by atoms with Gasteiger partial charge in [-0.3, -0.25) is 4.79 Å². The highest BCUT2D eigenvalue weighted by molar-refractivity contribution is 6.35. The Kier molecular flexibility index (Phi) is 7.17. The van der Waals surface area contributed by atoms with Gasteiger partial charge in [0.05, 0.1) is 10.7 Å². The number of nitrogens with zero attached hydrogens (tertiary/aromatic N) is 1. The second-order valence-corrected chi connectivity index (χ2v) is 9.41. The number of benzene rings is 3. The average Bonchev–Trinajstić information content (AvgIpc) is 3.24. The van der Waals surface area contributed by atoms with Gasteiger partial charge in [0, 0.05) is 22.6 Å². The number of aryl methyl sites for hydroxylation is 1. The van der Waals surface area contributed by atoms with Gasteiger partial charge in [0.1, 0.15) is 17.3 Å². The summed E-state index contributed by atoms with van der Waals surface area (Å²) in [7, 11) is 0. The highest BCUT2D eigenvalue weighted by Crippen LogP contribution is 2.31. The first-order chi connectivity index (χ1) is 17.9. The van der Waals surface area contributed by atoms with Crippen LogP contribution < -0.4 is 14.9 Å². The van der Waals surface area contributed by atoms with E-state index in [1.54, 1.807) is 25.1 Å². The molecule has 0 bridgehead atoms. The van der Waals surface area contributed by atoms with E-state index in [0.717, 1.165) is 22.8 Å². The molecule has 0 atom stereocenters. The SMILES string of the molecule is Cc1c(C(=O)Oc2ccc3ccccc3c2)oc2c1/C(=N/NC(=O)COc1ccc(Cl)cc1Cl)CCC2. The molecule has 0 fully saturated rings. The first kappa shape index (κ1) is 24.9.